The number of rotatable bonds is 0. The predicted molar refractivity (Wildman–Crippen MR) is 70.6 cm³/mol. The fourth-order valence-corrected chi connectivity index (χ4v) is 1.68. The Balaban J connectivity index is 0.000000267. The number of benzene rings is 1. The van der Waals surface area contributed by atoms with Crippen LogP contribution in [0.25, 0.3) is 21.8 Å². The first kappa shape index (κ1) is 12.8. The molecule has 0 aliphatic carbocycles. The molecular weight excluding hydrogens is 251 g/mol. The first-order valence-electron chi connectivity index (χ1n) is 5.13. The topological polar surface area (TPSA) is 86.5 Å². The van der Waals surface area contributed by atoms with Gasteiger partial charge in [0.2, 0.25) is 0 Å². The average molecular weight is 262 g/mol. The van der Waals surface area contributed by atoms with Gasteiger partial charge in [0.15, 0.2) is 0 Å². The minimum Gasteiger partial charge on any atom is -0.328 e. The van der Waals surface area contributed by atoms with Gasteiger partial charge in [-0.25, -0.2) is 0 Å². The lowest BCUT2D eigenvalue weighted by atomic mass is 10.1. The van der Waals surface area contributed by atoms with E-state index in [1.165, 1.54) is 0 Å². The van der Waals surface area contributed by atoms with Crippen LogP contribution >= 0.6 is 8.60 Å². The standard InChI is InChI=1S/C12H8N2.H3O3P/c1-3-9-5-6-10-4-2-8-14-12(10)11(9)13-7-1;1-4(2)3/h1-8H;1-3H. The van der Waals surface area contributed by atoms with Gasteiger partial charge in [0.25, 0.3) is 0 Å². The zero-order valence-corrected chi connectivity index (χ0v) is 10.2. The molecule has 3 N–H and O–H groups in total. The molecule has 1 aromatic carbocycles. The van der Waals surface area contributed by atoms with Crippen molar-refractivity contribution in [3.8, 4) is 0 Å². The fourth-order valence-electron chi connectivity index (χ4n) is 1.68. The molecule has 0 amide bonds. The minimum absolute atomic E-state index is 0.977. The van der Waals surface area contributed by atoms with Gasteiger partial charge in [-0.1, -0.05) is 24.3 Å². The zero-order chi connectivity index (χ0) is 13.0. The molecule has 0 aliphatic rings. The van der Waals surface area contributed by atoms with Crippen molar-refractivity contribution in [1.82, 2.24) is 9.97 Å². The summed E-state index contributed by atoms with van der Waals surface area (Å²) in [5.41, 5.74) is 1.95. The van der Waals surface area contributed by atoms with Gasteiger partial charge in [0.1, 0.15) is 0 Å². The van der Waals surface area contributed by atoms with Crippen LogP contribution in [0.1, 0.15) is 0 Å². The number of fused-ring (bicyclic) bond motifs is 3. The Kier molecular flexibility index (Phi) is 4.12. The third kappa shape index (κ3) is 2.97. The Bertz CT molecular complexity index is 603. The van der Waals surface area contributed by atoms with Gasteiger partial charge in [0.05, 0.1) is 11.0 Å². The third-order valence-corrected chi connectivity index (χ3v) is 2.34. The van der Waals surface area contributed by atoms with Crippen LogP contribution in [0.5, 0.6) is 0 Å². The second kappa shape index (κ2) is 5.80. The van der Waals surface area contributed by atoms with Crippen LogP contribution in [0.4, 0.5) is 0 Å². The molecule has 0 spiro atoms. The summed E-state index contributed by atoms with van der Waals surface area (Å²) in [5, 5.41) is 2.28. The molecule has 0 atom stereocenters. The summed E-state index contributed by atoms with van der Waals surface area (Å²) in [7, 11) is -2.62. The minimum atomic E-state index is -2.62. The molecular formula is C12H11N2O3P. The monoisotopic (exact) mass is 262 g/mol. The van der Waals surface area contributed by atoms with Crippen molar-refractivity contribution in [2.45, 2.75) is 0 Å². The molecule has 0 aliphatic heterocycles. The zero-order valence-electron chi connectivity index (χ0n) is 9.30. The normalized spacial score (nSPS) is 10.4. The van der Waals surface area contributed by atoms with E-state index in [1.807, 2.05) is 12.1 Å². The number of aromatic nitrogens is 2. The van der Waals surface area contributed by atoms with E-state index >= 15 is 0 Å². The van der Waals surface area contributed by atoms with Gasteiger partial charge in [-0.15, -0.1) is 0 Å². The highest BCUT2D eigenvalue weighted by Gasteiger charge is 2.00. The lowest BCUT2D eigenvalue weighted by Crippen LogP contribution is -1.83. The molecule has 0 fully saturated rings. The van der Waals surface area contributed by atoms with E-state index in [2.05, 4.69) is 34.2 Å². The summed E-state index contributed by atoms with van der Waals surface area (Å²) in [5.74, 6) is 0. The van der Waals surface area contributed by atoms with Crippen LogP contribution in [0.15, 0.2) is 48.8 Å². The maximum atomic E-state index is 7.23. The Morgan fingerprint density at radius 1 is 0.722 bits per heavy atom. The number of pyridine rings is 2. The lowest BCUT2D eigenvalue weighted by Gasteiger charge is -2.00. The third-order valence-electron chi connectivity index (χ3n) is 2.34. The van der Waals surface area contributed by atoms with Crippen LogP contribution in [0.3, 0.4) is 0 Å². The predicted octanol–water partition coefficient (Wildman–Crippen LogP) is 1.97. The smallest absolute Gasteiger partial charge is 0.324 e. The summed E-state index contributed by atoms with van der Waals surface area (Å²) >= 11 is 0. The molecule has 6 heteroatoms. The van der Waals surface area contributed by atoms with Gasteiger partial charge < -0.3 is 14.7 Å². The SMILES string of the molecule is OP(O)O.c1cnc2c(c1)ccc1cccnc12. The molecule has 92 valence electrons. The van der Waals surface area contributed by atoms with Crippen molar-refractivity contribution in [1.29, 1.82) is 0 Å². The van der Waals surface area contributed by atoms with Crippen molar-refractivity contribution in [2.75, 3.05) is 0 Å². The molecule has 0 bridgehead atoms. The first-order chi connectivity index (χ1) is 8.68. The molecule has 2 heterocycles. The van der Waals surface area contributed by atoms with Gasteiger partial charge in [-0.2, -0.15) is 0 Å². The largest absolute Gasteiger partial charge is 0.328 e. The molecule has 0 radical (unpaired) electrons. The maximum absolute atomic E-state index is 7.23. The summed E-state index contributed by atoms with van der Waals surface area (Å²) < 4.78 is 0. The highest BCUT2D eigenvalue weighted by molar-refractivity contribution is 7.38. The fraction of sp³-hybridized carbons (Fsp3) is 0. The van der Waals surface area contributed by atoms with Crippen LogP contribution in [-0.4, -0.2) is 24.6 Å². The van der Waals surface area contributed by atoms with Crippen molar-refractivity contribution in [3.63, 3.8) is 0 Å². The second-order valence-corrected chi connectivity index (χ2v) is 4.02. The molecule has 3 aromatic rings. The quantitative estimate of drug-likeness (QED) is 0.426. The molecule has 3 rings (SSSR count). The number of nitrogens with zero attached hydrogens (tertiary/aromatic N) is 2. The lowest BCUT2D eigenvalue weighted by molar-refractivity contribution is 0.368. The van der Waals surface area contributed by atoms with Crippen molar-refractivity contribution < 1.29 is 14.7 Å². The van der Waals surface area contributed by atoms with Crippen LogP contribution < -0.4 is 0 Å². The van der Waals surface area contributed by atoms with E-state index < -0.39 is 8.60 Å². The molecule has 18 heavy (non-hydrogen) atoms. The molecule has 2 aromatic heterocycles. The highest BCUT2D eigenvalue weighted by atomic mass is 31.2. The second-order valence-electron chi connectivity index (χ2n) is 3.48. The molecule has 0 unspecified atom stereocenters. The number of hydrogen-bond donors (Lipinski definition) is 3. The maximum Gasteiger partial charge on any atom is 0.324 e. The summed E-state index contributed by atoms with van der Waals surface area (Å²) in [6.07, 6.45) is 3.60. The van der Waals surface area contributed by atoms with Crippen LogP contribution in [-0.2, 0) is 0 Å². The van der Waals surface area contributed by atoms with Gasteiger partial charge in [0, 0.05) is 23.2 Å². The number of hydrogen-bond acceptors (Lipinski definition) is 5. The van der Waals surface area contributed by atoms with Gasteiger partial charge in [-0.3, -0.25) is 9.97 Å². The summed E-state index contributed by atoms with van der Waals surface area (Å²) in [4.78, 5) is 30.4. The van der Waals surface area contributed by atoms with Crippen LogP contribution in [0, 0.1) is 0 Å². The van der Waals surface area contributed by atoms with Crippen molar-refractivity contribution in [3.05, 3.63) is 48.8 Å². The van der Waals surface area contributed by atoms with E-state index in [0.717, 1.165) is 21.8 Å². The van der Waals surface area contributed by atoms with E-state index in [1.54, 1.807) is 12.4 Å². The Hall–Kier alpha value is -1.65. The molecule has 0 saturated carbocycles. The van der Waals surface area contributed by atoms with E-state index in [0.29, 0.717) is 0 Å². The van der Waals surface area contributed by atoms with Gasteiger partial charge in [-0.05, 0) is 12.1 Å². The molecule has 5 nitrogen and oxygen atoms in total. The summed E-state index contributed by atoms with van der Waals surface area (Å²) in [6, 6.07) is 12.1. The van der Waals surface area contributed by atoms with E-state index in [4.69, 9.17) is 14.7 Å². The van der Waals surface area contributed by atoms with E-state index in [-0.39, 0.29) is 0 Å². The van der Waals surface area contributed by atoms with Crippen molar-refractivity contribution >= 4 is 30.4 Å². The summed E-state index contributed by atoms with van der Waals surface area (Å²) in [6.45, 7) is 0. The molecule has 0 saturated heterocycles. The van der Waals surface area contributed by atoms with Gasteiger partial charge >= 0.3 is 8.60 Å². The Morgan fingerprint density at radius 3 is 1.50 bits per heavy atom. The Labute approximate surface area is 104 Å². The first-order valence-corrected chi connectivity index (χ1v) is 6.33. The Morgan fingerprint density at radius 2 is 1.11 bits per heavy atom. The van der Waals surface area contributed by atoms with Crippen LogP contribution in [0.2, 0.25) is 0 Å². The highest BCUT2D eigenvalue weighted by Crippen LogP contribution is 2.20. The average Bonchev–Trinajstić information content (AvgIpc) is 2.38. The van der Waals surface area contributed by atoms with Crippen molar-refractivity contribution in [2.24, 2.45) is 0 Å². The van der Waals surface area contributed by atoms with E-state index in [9.17, 15) is 0 Å².